The highest BCUT2D eigenvalue weighted by atomic mass is 16.1. The zero-order chi connectivity index (χ0) is 16.9. The standard InChI is InChI=1S/C21H20N2O/c1-15-12-13-18(22)14-19(15)23-21(24)20(16-8-4-2-5-9-16)17-10-6-3-7-11-17/h2-14,20H,22H2,1H3,(H,23,24). The van der Waals surface area contributed by atoms with Crippen molar-refractivity contribution in [2.75, 3.05) is 11.1 Å². The molecule has 0 atom stereocenters. The van der Waals surface area contributed by atoms with Crippen LogP contribution in [0.3, 0.4) is 0 Å². The molecule has 120 valence electrons. The first-order chi connectivity index (χ1) is 11.6. The fourth-order valence-corrected chi connectivity index (χ4v) is 2.77. The third kappa shape index (κ3) is 3.46. The van der Waals surface area contributed by atoms with Gasteiger partial charge in [-0.25, -0.2) is 0 Å². The maximum atomic E-state index is 13.0. The SMILES string of the molecule is Cc1ccc(N)cc1NC(=O)C(c1ccccc1)c1ccccc1. The van der Waals surface area contributed by atoms with Crippen LogP contribution in [0, 0.1) is 6.92 Å². The van der Waals surface area contributed by atoms with E-state index in [0.717, 1.165) is 22.4 Å². The first kappa shape index (κ1) is 15.8. The molecule has 3 aromatic carbocycles. The number of anilines is 2. The number of rotatable bonds is 4. The molecular weight excluding hydrogens is 296 g/mol. The Bertz CT molecular complexity index is 789. The van der Waals surface area contributed by atoms with E-state index in [-0.39, 0.29) is 11.8 Å². The summed E-state index contributed by atoms with van der Waals surface area (Å²) in [5.41, 5.74) is 10.1. The van der Waals surface area contributed by atoms with E-state index >= 15 is 0 Å². The molecule has 0 radical (unpaired) electrons. The van der Waals surface area contributed by atoms with Gasteiger partial charge < -0.3 is 11.1 Å². The lowest BCUT2D eigenvalue weighted by molar-refractivity contribution is -0.116. The lowest BCUT2D eigenvalue weighted by Crippen LogP contribution is -2.22. The predicted octanol–water partition coefficient (Wildman–Crippen LogP) is 4.35. The van der Waals surface area contributed by atoms with E-state index in [1.807, 2.05) is 79.7 Å². The van der Waals surface area contributed by atoms with Crippen molar-refractivity contribution in [3.8, 4) is 0 Å². The molecule has 3 aromatic rings. The molecule has 0 aliphatic heterocycles. The summed E-state index contributed by atoms with van der Waals surface area (Å²) in [6, 6.07) is 25.1. The molecule has 3 nitrogen and oxygen atoms in total. The van der Waals surface area contributed by atoms with Crippen LogP contribution in [0.15, 0.2) is 78.9 Å². The maximum absolute atomic E-state index is 13.0. The second-order valence-electron chi connectivity index (χ2n) is 5.82. The molecule has 24 heavy (non-hydrogen) atoms. The average molecular weight is 316 g/mol. The molecule has 0 unspecified atom stereocenters. The summed E-state index contributed by atoms with van der Waals surface area (Å²) in [5, 5.41) is 3.03. The number of amides is 1. The molecular formula is C21H20N2O. The van der Waals surface area contributed by atoms with E-state index in [1.165, 1.54) is 0 Å². The Morgan fingerprint density at radius 2 is 1.42 bits per heavy atom. The molecule has 0 spiro atoms. The second kappa shape index (κ2) is 7.01. The van der Waals surface area contributed by atoms with E-state index in [2.05, 4.69) is 5.32 Å². The van der Waals surface area contributed by atoms with Gasteiger partial charge in [-0.2, -0.15) is 0 Å². The first-order valence-corrected chi connectivity index (χ1v) is 7.92. The Morgan fingerprint density at radius 3 is 1.96 bits per heavy atom. The van der Waals surface area contributed by atoms with Crippen LogP contribution in [-0.2, 0) is 4.79 Å². The minimum Gasteiger partial charge on any atom is -0.399 e. The average Bonchev–Trinajstić information content (AvgIpc) is 2.60. The van der Waals surface area contributed by atoms with Gasteiger partial charge in [-0.3, -0.25) is 4.79 Å². The molecule has 0 saturated carbocycles. The summed E-state index contributed by atoms with van der Waals surface area (Å²) in [6.45, 7) is 1.95. The Hall–Kier alpha value is -3.07. The summed E-state index contributed by atoms with van der Waals surface area (Å²) >= 11 is 0. The minimum absolute atomic E-state index is 0.0684. The molecule has 0 aromatic heterocycles. The second-order valence-corrected chi connectivity index (χ2v) is 5.82. The predicted molar refractivity (Wildman–Crippen MR) is 98.9 cm³/mol. The molecule has 0 aliphatic carbocycles. The van der Waals surface area contributed by atoms with Crippen LogP contribution in [0.25, 0.3) is 0 Å². The van der Waals surface area contributed by atoms with Crippen LogP contribution in [0.4, 0.5) is 11.4 Å². The zero-order valence-electron chi connectivity index (χ0n) is 13.6. The topological polar surface area (TPSA) is 55.1 Å². The fraction of sp³-hybridized carbons (Fsp3) is 0.0952. The van der Waals surface area contributed by atoms with Gasteiger partial charge in [0.2, 0.25) is 5.91 Å². The van der Waals surface area contributed by atoms with Crippen molar-refractivity contribution in [3.63, 3.8) is 0 Å². The van der Waals surface area contributed by atoms with Gasteiger partial charge >= 0.3 is 0 Å². The number of carbonyl (C=O) groups excluding carboxylic acids is 1. The number of carbonyl (C=O) groups is 1. The van der Waals surface area contributed by atoms with Gasteiger partial charge in [-0.1, -0.05) is 66.7 Å². The van der Waals surface area contributed by atoms with Gasteiger partial charge in [0.05, 0.1) is 5.92 Å². The van der Waals surface area contributed by atoms with Crippen LogP contribution in [0.2, 0.25) is 0 Å². The molecule has 0 heterocycles. The molecule has 0 saturated heterocycles. The number of aryl methyl sites for hydroxylation is 1. The molecule has 3 rings (SSSR count). The fourth-order valence-electron chi connectivity index (χ4n) is 2.77. The molecule has 1 amide bonds. The van der Waals surface area contributed by atoms with Crippen molar-refractivity contribution in [2.24, 2.45) is 0 Å². The highest BCUT2D eigenvalue weighted by Crippen LogP contribution is 2.27. The quantitative estimate of drug-likeness (QED) is 0.703. The van der Waals surface area contributed by atoms with E-state index in [9.17, 15) is 4.79 Å². The van der Waals surface area contributed by atoms with Gasteiger partial charge in [-0.15, -0.1) is 0 Å². The largest absolute Gasteiger partial charge is 0.399 e. The highest BCUT2D eigenvalue weighted by molar-refractivity contribution is 5.99. The van der Waals surface area contributed by atoms with Crippen molar-refractivity contribution in [2.45, 2.75) is 12.8 Å². The normalized spacial score (nSPS) is 10.6. The number of benzene rings is 3. The van der Waals surface area contributed by atoms with Gasteiger partial charge in [0, 0.05) is 11.4 Å². The summed E-state index contributed by atoms with van der Waals surface area (Å²) in [4.78, 5) is 13.0. The van der Waals surface area contributed by atoms with Crippen molar-refractivity contribution >= 4 is 17.3 Å². The molecule has 3 heteroatoms. The van der Waals surface area contributed by atoms with Crippen LogP contribution in [0.5, 0.6) is 0 Å². The maximum Gasteiger partial charge on any atom is 0.236 e. The smallest absolute Gasteiger partial charge is 0.236 e. The number of hydrogen-bond donors (Lipinski definition) is 2. The summed E-state index contributed by atoms with van der Waals surface area (Å²) < 4.78 is 0. The van der Waals surface area contributed by atoms with Crippen LogP contribution in [0.1, 0.15) is 22.6 Å². The van der Waals surface area contributed by atoms with E-state index in [4.69, 9.17) is 5.73 Å². The zero-order valence-corrected chi connectivity index (χ0v) is 13.6. The van der Waals surface area contributed by atoms with E-state index in [0.29, 0.717) is 5.69 Å². The first-order valence-electron chi connectivity index (χ1n) is 7.92. The lowest BCUT2D eigenvalue weighted by Gasteiger charge is -2.19. The minimum atomic E-state index is -0.367. The molecule has 3 N–H and O–H groups in total. The Morgan fingerprint density at radius 1 is 0.875 bits per heavy atom. The number of nitrogen functional groups attached to an aromatic ring is 1. The third-order valence-electron chi connectivity index (χ3n) is 4.05. The third-order valence-corrected chi connectivity index (χ3v) is 4.05. The number of nitrogens with two attached hydrogens (primary N) is 1. The monoisotopic (exact) mass is 316 g/mol. The van der Waals surface area contributed by atoms with Gasteiger partial charge in [0.25, 0.3) is 0 Å². The number of hydrogen-bond acceptors (Lipinski definition) is 2. The Labute approximate surface area is 142 Å². The highest BCUT2D eigenvalue weighted by Gasteiger charge is 2.23. The van der Waals surface area contributed by atoms with Crippen LogP contribution < -0.4 is 11.1 Å². The van der Waals surface area contributed by atoms with E-state index in [1.54, 1.807) is 6.07 Å². The summed E-state index contributed by atoms with van der Waals surface area (Å²) in [5.74, 6) is -0.436. The van der Waals surface area contributed by atoms with Crippen molar-refractivity contribution in [1.29, 1.82) is 0 Å². The lowest BCUT2D eigenvalue weighted by atomic mass is 9.90. The van der Waals surface area contributed by atoms with Crippen molar-refractivity contribution in [1.82, 2.24) is 0 Å². The van der Waals surface area contributed by atoms with Crippen molar-refractivity contribution < 1.29 is 4.79 Å². The van der Waals surface area contributed by atoms with Crippen LogP contribution >= 0.6 is 0 Å². The van der Waals surface area contributed by atoms with Gasteiger partial charge in [0.1, 0.15) is 0 Å². The molecule has 0 aliphatic rings. The Kier molecular flexibility index (Phi) is 4.62. The van der Waals surface area contributed by atoms with Crippen molar-refractivity contribution in [3.05, 3.63) is 95.6 Å². The Balaban J connectivity index is 1.97. The molecule has 0 bridgehead atoms. The van der Waals surface area contributed by atoms with Gasteiger partial charge in [0.15, 0.2) is 0 Å². The molecule has 0 fully saturated rings. The summed E-state index contributed by atoms with van der Waals surface area (Å²) in [7, 11) is 0. The number of nitrogens with one attached hydrogen (secondary N) is 1. The van der Waals surface area contributed by atoms with E-state index < -0.39 is 0 Å². The van der Waals surface area contributed by atoms with Crippen LogP contribution in [-0.4, -0.2) is 5.91 Å². The summed E-state index contributed by atoms with van der Waals surface area (Å²) in [6.07, 6.45) is 0. The van der Waals surface area contributed by atoms with Gasteiger partial charge in [-0.05, 0) is 35.7 Å².